The molecule has 0 saturated heterocycles. The molecule has 0 aliphatic heterocycles. The standard InChI is InChI=1S/C18H18F2N2O3S/c1-11(2)10-26(24,25)13-7-16(22(3)9-13)17(23)6-12-4-5-15(19)14(8-21)18(12)20/h4-5,7,9,11H,6,10H2,1-3H3. The summed E-state index contributed by atoms with van der Waals surface area (Å²) in [4.78, 5) is 12.5. The molecule has 0 saturated carbocycles. The molecule has 1 aromatic carbocycles. The Morgan fingerprint density at radius 1 is 1.31 bits per heavy atom. The summed E-state index contributed by atoms with van der Waals surface area (Å²) in [5.41, 5.74) is -0.780. The highest BCUT2D eigenvalue weighted by molar-refractivity contribution is 7.91. The third-order valence-corrected chi connectivity index (χ3v) is 5.86. The molecule has 0 unspecified atom stereocenters. The minimum atomic E-state index is -3.53. The molecule has 0 atom stereocenters. The van der Waals surface area contributed by atoms with Gasteiger partial charge in [-0.2, -0.15) is 5.26 Å². The van der Waals surface area contributed by atoms with Crippen molar-refractivity contribution in [2.24, 2.45) is 13.0 Å². The van der Waals surface area contributed by atoms with E-state index in [1.807, 2.05) is 0 Å². The zero-order chi connectivity index (χ0) is 19.6. The van der Waals surface area contributed by atoms with Crippen molar-refractivity contribution < 1.29 is 22.0 Å². The number of ketones is 1. The number of Topliss-reactive ketones (excluding diaryl/α,β-unsaturated/α-hetero) is 1. The second-order valence-corrected chi connectivity index (χ2v) is 8.49. The average Bonchev–Trinajstić information content (AvgIpc) is 2.92. The first-order chi connectivity index (χ1) is 12.1. The Labute approximate surface area is 150 Å². The van der Waals surface area contributed by atoms with E-state index in [2.05, 4.69) is 0 Å². The molecule has 0 bridgehead atoms. The zero-order valence-corrected chi connectivity index (χ0v) is 15.4. The predicted octanol–water partition coefficient (Wildman–Crippen LogP) is 3.03. The largest absolute Gasteiger partial charge is 0.347 e. The van der Waals surface area contributed by atoms with Gasteiger partial charge in [0, 0.05) is 19.7 Å². The fourth-order valence-electron chi connectivity index (χ4n) is 2.61. The van der Waals surface area contributed by atoms with Crippen LogP contribution in [0.2, 0.25) is 0 Å². The third kappa shape index (κ3) is 3.99. The number of nitrogens with zero attached hydrogens (tertiary/aromatic N) is 2. The number of nitriles is 1. The van der Waals surface area contributed by atoms with Gasteiger partial charge in [0.05, 0.1) is 16.3 Å². The number of halogens is 2. The molecule has 0 aliphatic rings. The maximum absolute atomic E-state index is 14.1. The molecule has 138 valence electrons. The van der Waals surface area contributed by atoms with Gasteiger partial charge in [0.2, 0.25) is 0 Å². The summed E-state index contributed by atoms with van der Waals surface area (Å²) in [6.45, 7) is 3.55. The lowest BCUT2D eigenvalue weighted by atomic mass is 10.0. The van der Waals surface area contributed by atoms with Gasteiger partial charge in [0.1, 0.15) is 23.3 Å². The summed E-state index contributed by atoms with van der Waals surface area (Å²) in [6.07, 6.45) is 0.926. The molecule has 8 heteroatoms. The Morgan fingerprint density at radius 3 is 2.54 bits per heavy atom. The van der Waals surface area contributed by atoms with Crippen molar-refractivity contribution in [1.82, 2.24) is 4.57 Å². The summed E-state index contributed by atoms with van der Waals surface area (Å²) in [6, 6.07) is 4.71. The van der Waals surface area contributed by atoms with Gasteiger partial charge < -0.3 is 4.57 Å². The van der Waals surface area contributed by atoms with Crippen LogP contribution in [0.3, 0.4) is 0 Å². The zero-order valence-electron chi connectivity index (χ0n) is 14.6. The first kappa shape index (κ1) is 19.8. The topological polar surface area (TPSA) is 79.9 Å². The van der Waals surface area contributed by atoms with Crippen LogP contribution in [0.1, 0.15) is 35.5 Å². The lowest BCUT2D eigenvalue weighted by Gasteiger charge is -2.05. The van der Waals surface area contributed by atoms with Crippen molar-refractivity contribution >= 4 is 15.6 Å². The summed E-state index contributed by atoms with van der Waals surface area (Å²) >= 11 is 0. The molecule has 2 aromatic rings. The van der Waals surface area contributed by atoms with Crippen LogP contribution in [0.4, 0.5) is 8.78 Å². The molecule has 5 nitrogen and oxygen atoms in total. The highest BCUT2D eigenvalue weighted by atomic mass is 32.2. The van der Waals surface area contributed by atoms with E-state index in [1.165, 1.54) is 29.9 Å². The average molecular weight is 380 g/mol. The van der Waals surface area contributed by atoms with E-state index in [4.69, 9.17) is 5.26 Å². The molecular weight excluding hydrogens is 362 g/mol. The number of hydrogen-bond acceptors (Lipinski definition) is 4. The molecule has 0 aliphatic carbocycles. The fraction of sp³-hybridized carbons (Fsp3) is 0.333. The van der Waals surface area contributed by atoms with Gasteiger partial charge in [-0.05, 0) is 23.6 Å². The molecule has 26 heavy (non-hydrogen) atoms. The maximum Gasteiger partial charge on any atom is 0.183 e. The lowest BCUT2D eigenvalue weighted by Crippen LogP contribution is -2.11. The predicted molar refractivity (Wildman–Crippen MR) is 91.4 cm³/mol. The highest BCUT2D eigenvalue weighted by Crippen LogP contribution is 2.21. The quantitative estimate of drug-likeness (QED) is 0.722. The number of aryl methyl sites for hydroxylation is 1. The Balaban J connectivity index is 2.34. The van der Waals surface area contributed by atoms with E-state index >= 15 is 0 Å². The SMILES string of the molecule is CC(C)CS(=O)(=O)c1cc(C(=O)Cc2ccc(F)c(C#N)c2F)n(C)c1. The van der Waals surface area contributed by atoms with Gasteiger partial charge in [-0.25, -0.2) is 17.2 Å². The van der Waals surface area contributed by atoms with Crippen molar-refractivity contribution in [3.63, 3.8) is 0 Å². The molecule has 1 heterocycles. The Morgan fingerprint density at radius 2 is 1.96 bits per heavy atom. The number of carbonyl (C=O) groups is 1. The van der Waals surface area contributed by atoms with E-state index in [1.54, 1.807) is 13.8 Å². The summed E-state index contributed by atoms with van der Waals surface area (Å²) in [5, 5.41) is 8.80. The Bertz CT molecular complexity index is 1000. The fourth-order valence-corrected chi connectivity index (χ4v) is 4.29. The minimum absolute atomic E-state index is 0.0225. The van der Waals surface area contributed by atoms with Crippen LogP contribution >= 0.6 is 0 Å². The molecule has 0 spiro atoms. The third-order valence-electron chi connectivity index (χ3n) is 3.81. The number of rotatable bonds is 6. The van der Waals surface area contributed by atoms with Crippen LogP contribution in [0.15, 0.2) is 29.3 Å². The van der Waals surface area contributed by atoms with E-state index < -0.39 is 39.2 Å². The van der Waals surface area contributed by atoms with Gasteiger partial charge in [-0.1, -0.05) is 19.9 Å². The monoisotopic (exact) mass is 380 g/mol. The van der Waals surface area contributed by atoms with Crippen LogP contribution in [0.5, 0.6) is 0 Å². The highest BCUT2D eigenvalue weighted by Gasteiger charge is 2.23. The summed E-state index contributed by atoms with van der Waals surface area (Å²) < 4.78 is 53.5. The Kier molecular flexibility index (Phi) is 5.62. The van der Waals surface area contributed by atoms with E-state index in [0.29, 0.717) is 0 Å². The molecule has 0 N–H and O–H groups in total. The van der Waals surface area contributed by atoms with Crippen LogP contribution in [0, 0.1) is 28.9 Å². The summed E-state index contributed by atoms with van der Waals surface area (Å²) in [5.74, 6) is -2.74. The van der Waals surface area contributed by atoms with Crippen molar-refractivity contribution in [1.29, 1.82) is 5.26 Å². The number of aromatic nitrogens is 1. The smallest absolute Gasteiger partial charge is 0.183 e. The number of hydrogen-bond donors (Lipinski definition) is 0. The summed E-state index contributed by atoms with van der Waals surface area (Å²) in [7, 11) is -2.01. The van der Waals surface area contributed by atoms with Crippen LogP contribution in [-0.2, 0) is 23.3 Å². The number of benzene rings is 1. The second-order valence-electron chi connectivity index (χ2n) is 6.45. The first-order valence-electron chi connectivity index (χ1n) is 7.86. The molecule has 1 aromatic heterocycles. The van der Waals surface area contributed by atoms with Crippen LogP contribution < -0.4 is 0 Å². The normalized spacial score (nSPS) is 11.6. The van der Waals surface area contributed by atoms with Gasteiger partial charge >= 0.3 is 0 Å². The first-order valence-corrected chi connectivity index (χ1v) is 9.51. The van der Waals surface area contributed by atoms with Crippen molar-refractivity contribution in [3.8, 4) is 6.07 Å². The van der Waals surface area contributed by atoms with Crippen molar-refractivity contribution in [2.75, 3.05) is 5.75 Å². The molecule has 0 amide bonds. The maximum atomic E-state index is 14.1. The van der Waals surface area contributed by atoms with Gasteiger partial charge in [0.25, 0.3) is 0 Å². The number of carbonyl (C=O) groups excluding carboxylic acids is 1. The van der Waals surface area contributed by atoms with Crippen molar-refractivity contribution in [2.45, 2.75) is 25.2 Å². The molecule has 2 rings (SSSR count). The molecular formula is C18H18F2N2O3S. The van der Waals surface area contributed by atoms with Gasteiger partial charge in [-0.15, -0.1) is 0 Å². The number of sulfone groups is 1. The van der Waals surface area contributed by atoms with E-state index in [-0.39, 0.29) is 27.8 Å². The Hall–Kier alpha value is -2.53. The van der Waals surface area contributed by atoms with Crippen molar-refractivity contribution in [3.05, 3.63) is 52.9 Å². The molecule has 0 radical (unpaired) electrons. The van der Waals surface area contributed by atoms with Gasteiger partial charge in [-0.3, -0.25) is 4.79 Å². The lowest BCUT2D eigenvalue weighted by molar-refractivity contribution is 0.0984. The minimum Gasteiger partial charge on any atom is -0.347 e. The van der Waals surface area contributed by atoms with E-state index in [9.17, 15) is 22.0 Å². The van der Waals surface area contributed by atoms with Crippen LogP contribution in [-0.4, -0.2) is 24.5 Å². The van der Waals surface area contributed by atoms with Crippen LogP contribution in [0.25, 0.3) is 0 Å². The van der Waals surface area contributed by atoms with E-state index in [0.717, 1.165) is 12.1 Å². The van der Waals surface area contributed by atoms with Gasteiger partial charge in [0.15, 0.2) is 15.6 Å². The second kappa shape index (κ2) is 7.38. The molecule has 0 fully saturated rings.